The zero-order chi connectivity index (χ0) is 14.6. The SMILES string of the molecule is Nc1ccc(N=Nc2ccc(OS(=O)(=O)[O-])cc2)cc1.[K+]. The largest absolute Gasteiger partial charge is 1.00 e. The van der Waals surface area contributed by atoms with Crippen LogP contribution in [0, 0.1) is 0 Å². The molecule has 0 aliphatic carbocycles. The molecule has 2 N–H and O–H groups in total. The van der Waals surface area contributed by atoms with Crippen LogP contribution in [0.4, 0.5) is 17.1 Å². The molecule has 0 bridgehead atoms. The normalized spacial score (nSPS) is 11.1. The van der Waals surface area contributed by atoms with Crippen molar-refractivity contribution in [1.29, 1.82) is 0 Å². The summed E-state index contributed by atoms with van der Waals surface area (Å²) >= 11 is 0. The van der Waals surface area contributed by atoms with E-state index in [9.17, 15) is 13.0 Å². The molecule has 0 radical (unpaired) electrons. The Labute approximate surface area is 164 Å². The Bertz CT molecular complexity index is 715. The Hall–Kier alpha value is -0.814. The summed E-state index contributed by atoms with van der Waals surface area (Å²) in [6.07, 6.45) is 0. The number of nitrogens with two attached hydrogens (primary N) is 1. The first-order chi connectivity index (χ1) is 9.42. The maximum atomic E-state index is 10.4. The van der Waals surface area contributed by atoms with Gasteiger partial charge in [-0.2, -0.15) is 10.2 Å². The van der Waals surface area contributed by atoms with Gasteiger partial charge in [0, 0.05) is 5.69 Å². The number of rotatable bonds is 4. The second-order valence-corrected chi connectivity index (χ2v) is 4.76. The van der Waals surface area contributed by atoms with E-state index in [1.165, 1.54) is 24.3 Å². The minimum atomic E-state index is -4.77. The fraction of sp³-hybridized carbons (Fsp3) is 0. The molecule has 0 atom stereocenters. The molecule has 7 nitrogen and oxygen atoms in total. The van der Waals surface area contributed by atoms with Gasteiger partial charge in [0.2, 0.25) is 0 Å². The summed E-state index contributed by atoms with van der Waals surface area (Å²) in [7, 11) is -4.77. The first kappa shape index (κ1) is 18.2. The molecule has 0 amide bonds. The van der Waals surface area contributed by atoms with E-state index < -0.39 is 10.4 Å². The molecule has 0 spiro atoms. The summed E-state index contributed by atoms with van der Waals surface area (Å²) in [5.41, 5.74) is 7.28. The Morgan fingerprint density at radius 3 is 1.76 bits per heavy atom. The topological polar surface area (TPSA) is 117 Å². The van der Waals surface area contributed by atoms with Gasteiger partial charge in [-0.3, -0.25) is 0 Å². The minimum Gasteiger partial charge on any atom is -0.716 e. The van der Waals surface area contributed by atoms with Gasteiger partial charge in [0.05, 0.1) is 11.4 Å². The second-order valence-electron chi connectivity index (χ2n) is 3.78. The van der Waals surface area contributed by atoms with Gasteiger partial charge in [0.15, 0.2) is 0 Å². The van der Waals surface area contributed by atoms with Crippen LogP contribution >= 0.6 is 0 Å². The van der Waals surface area contributed by atoms with Gasteiger partial charge in [-0.1, -0.05) is 0 Å². The van der Waals surface area contributed by atoms with Crippen molar-refractivity contribution in [3.63, 3.8) is 0 Å². The summed E-state index contributed by atoms with van der Waals surface area (Å²) in [5.74, 6) is -0.0774. The predicted octanol–water partition coefficient (Wildman–Crippen LogP) is -0.473. The van der Waals surface area contributed by atoms with Crippen molar-refractivity contribution in [1.82, 2.24) is 0 Å². The maximum absolute atomic E-state index is 10.4. The first-order valence-corrected chi connectivity index (χ1v) is 6.78. The minimum absolute atomic E-state index is 0. The first-order valence-electron chi connectivity index (χ1n) is 5.45. The molecule has 0 heterocycles. The number of azo groups is 1. The summed E-state index contributed by atoms with van der Waals surface area (Å²) in [5, 5.41) is 7.92. The third-order valence-corrected chi connectivity index (χ3v) is 2.61. The third-order valence-electron chi connectivity index (χ3n) is 2.21. The summed E-state index contributed by atoms with van der Waals surface area (Å²) in [6, 6.07) is 12.4. The number of nitrogens with zero attached hydrogens (tertiary/aromatic N) is 2. The van der Waals surface area contributed by atoms with E-state index in [4.69, 9.17) is 5.73 Å². The molecule has 2 rings (SSSR count). The molecule has 104 valence electrons. The predicted molar refractivity (Wildman–Crippen MR) is 71.8 cm³/mol. The second kappa shape index (κ2) is 7.99. The average Bonchev–Trinajstić information content (AvgIpc) is 2.38. The van der Waals surface area contributed by atoms with Crippen LogP contribution in [0.1, 0.15) is 0 Å². The van der Waals surface area contributed by atoms with Crippen LogP contribution in [0.5, 0.6) is 5.75 Å². The standard InChI is InChI=1S/C12H11N3O4S.K/c13-9-1-3-10(4-2-9)14-15-11-5-7-12(8-6-11)19-20(16,17)18;/h1-8H,13H2,(H,16,17,18);/q;+1/p-1. The maximum Gasteiger partial charge on any atom is 1.00 e. The molecule has 0 saturated heterocycles. The van der Waals surface area contributed by atoms with E-state index in [1.807, 2.05) is 0 Å². The number of benzene rings is 2. The van der Waals surface area contributed by atoms with E-state index in [2.05, 4.69) is 14.4 Å². The number of hydrogen-bond donors (Lipinski definition) is 1. The van der Waals surface area contributed by atoms with Gasteiger partial charge in [-0.05, 0) is 48.5 Å². The molecular formula is C12H10KN3O4S. The van der Waals surface area contributed by atoms with Crippen LogP contribution < -0.4 is 61.3 Å². The van der Waals surface area contributed by atoms with Gasteiger partial charge in [0.25, 0.3) is 10.4 Å². The average molecular weight is 331 g/mol. The molecule has 21 heavy (non-hydrogen) atoms. The van der Waals surface area contributed by atoms with Gasteiger partial charge in [-0.15, -0.1) is 0 Å². The Balaban J connectivity index is 0.00000220. The Kier molecular flexibility index (Phi) is 6.94. The molecule has 2 aromatic carbocycles. The molecular weight excluding hydrogens is 321 g/mol. The molecule has 2 aromatic rings. The fourth-order valence-electron chi connectivity index (χ4n) is 1.34. The van der Waals surface area contributed by atoms with Crippen molar-refractivity contribution in [3.8, 4) is 5.75 Å². The smallest absolute Gasteiger partial charge is 0.716 e. The van der Waals surface area contributed by atoms with Gasteiger partial charge >= 0.3 is 51.4 Å². The monoisotopic (exact) mass is 331 g/mol. The van der Waals surface area contributed by atoms with E-state index in [0.29, 0.717) is 17.1 Å². The molecule has 0 fully saturated rings. The van der Waals surface area contributed by atoms with Crippen LogP contribution in [0.15, 0.2) is 58.8 Å². The number of nitrogen functional groups attached to an aromatic ring is 1. The van der Waals surface area contributed by atoms with E-state index in [0.717, 1.165) is 0 Å². The zero-order valence-electron chi connectivity index (χ0n) is 11.1. The van der Waals surface area contributed by atoms with Gasteiger partial charge < -0.3 is 14.5 Å². The van der Waals surface area contributed by atoms with Crippen LogP contribution in [0.3, 0.4) is 0 Å². The summed E-state index contributed by atoms with van der Waals surface area (Å²) < 4.78 is 35.3. The quantitative estimate of drug-likeness (QED) is 0.267. The Morgan fingerprint density at radius 1 is 0.905 bits per heavy atom. The fourth-order valence-corrected chi connectivity index (χ4v) is 1.69. The third kappa shape index (κ3) is 6.65. The summed E-state index contributed by atoms with van der Waals surface area (Å²) in [6.45, 7) is 0. The van der Waals surface area contributed by atoms with Crippen molar-refractivity contribution < 1.29 is 68.5 Å². The Morgan fingerprint density at radius 2 is 1.33 bits per heavy atom. The van der Waals surface area contributed by atoms with E-state index in [-0.39, 0.29) is 57.1 Å². The van der Waals surface area contributed by atoms with Crippen LogP contribution in [0.25, 0.3) is 0 Å². The van der Waals surface area contributed by atoms with E-state index >= 15 is 0 Å². The van der Waals surface area contributed by atoms with Crippen LogP contribution in [-0.2, 0) is 10.4 Å². The van der Waals surface area contributed by atoms with Crippen molar-refractivity contribution in [3.05, 3.63) is 48.5 Å². The number of hydrogen-bond acceptors (Lipinski definition) is 7. The van der Waals surface area contributed by atoms with Crippen molar-refractivity contribution >= 4 is 27.5 Å². The summed E-state index contributed by atoms with van der Waals surface area (Å²) in [4.78, 5) is 0. The van der Waals surface area contributed by atoms with Gasteiger partial charge in [-0.25, -0.2) is 8.42 Å². The van der Waals surface area contributed by atoms with Gasteiger partial charge in [0.1, 0.15) is 5.75 Å². The molecule has 9 heteroatoms. The van der Waals surface area contributed by atoms with Crippen molar-refractivity contribution in [2.75, 3.05) is 5.73 Å². The molecule has 0 aromatic heterocycles. The van der Waals surface area contributed by atoms with Crippen LogP contribution in [-0.4, -0.2) is 13.0 Å². The number of anilines is 1. The van der Waals surface area contributed by atoms with Crippen molar-refractivity contribution in [2.45, 2.75) is 0 Å². The molecule has 0 aliphatic heterocycles. The van der Waals surface area contributed by atoms with Crippen molar-refractivity contribution in [2.24, 2.45) is 10.2 Å². The zero-order valence-corrected chi connectivity index (χ0v) is 15.1. The van der Waals surface area contributed by atoms with E-state index in [1.54, 1.807) is 24.3 Å². The molecule has 0 aliphatic rings. The van der Waals surface area contributed by atoms with Crippen LogP contribution in [0.2, 0.25) is 0 Å². The molecule has 0 unspecified atom stereocenters. The molecule has 0 saturated carbocycles.